The molecule has 0 amide bonds. The molecular weight excluding hydrogens is 300 g/mol. The predicted molar refractivity (Wildman–Crippen MR) is 86.5 cm³/mol. The predicted octanol–water partition coefficient (Wildman–Crippen LogP) is 4.37. The summed E-state index contributed by atoms with van der Waals surface area (Å²) in [5, 5.41) is 0. The van der Waals surface area contributed by atoms with Gasteiger partial charge in [-0.3, -0.25) is 0 Å². The highest BCUT2D eigenvalue weighted by Crippen LogP contribution is 2.23. The summed E-state index contributed by atoms with van der Waals surface area (Å²) in [5.74, 6) is 0. The van der Waals surface area contributed by atoms with Gasteiger partial charge >= 0.3 is 0 Å². The van der Waals surface area contributed by atoms with Crippen LogP contribution in [0.5, 0.6) is 0 Å². The summed E-state index contributed by atoms with van der Waals surface area (Å²) < 4.78 is 1.02. The molecule has 19 heavy (non-hydrogen) atoms. The molecule has 0 radical (unpaired) electrons. The van der Waals surface area contributed by atoms with E-state index in [0.717, 1.165) is 28.8 Å². The molecule has 0 bridgehead atoms. The number of rotatable bonds is 4. The van der Waals surface area contributed by atoms with Crippen molar-refractivity contribution in [3.8, 4) is 0 Å². The molecule has 0 aromatic heterocycles. The fourth-order valence-electron chi connectivity index (χ4n) is 2.13. The third-order valence-corrected chi connectivity index (χ3v) is 3.71. The van der Waals surface area contributed by atoms with Crippen LogP contribution in [0, 0.1) is 6.92 Å². The summed E-state index contributed by atoms with van der Waals surface area (Å²) in [6, 6.07) is 14.6. The molecule has 2 nitrogen and oxygen atoms in total. The van der Waals surface area contributed by atoms with E-state index in [9.17, 15) is 0 Å². The van der Waals surface area contributed by atoms with Gasteiger partial charge in [-0.15, -0.1) is 0 Å². The number of halogens is 1. The summed E-state index contributed by atoms with van der Waals surface area (Å²) in [6.45, 7) is 6.07. The maximum Gasteiger partial charge on any atom is 0.0449 e. The first-order valence-electron chi connectivity index (χ1n) is 6.45. The quantitative estimate of drug-likeness (QED) is 0.848. The average molecular weight is 319 g/mol. The van der Waals surface area contributed by atoms with Crippen LogP contribution in [0.1, 0.15) is 18.1 Å². The van der Waals surface area contributed by atoms with E-state index in [0.29, 0.717) is 0 Å². The third-order valence-electron chi connectivity index (χ3n) is 3.22. The third kappa shape index (κ3) is 3.51. The van der Waals surface area contributed by atoms with Crippen LogP contribution in [0.2, 0.25) is 0 Å². The molecular formula is C16H19BrN2. The van der Waals surface area contributed by atoms with Gasteiger partial charge in [-0.05, 0) is 49.2 Å². The van der Waals surface area contributed by atoms with Crippen LogP contribution in [-0.4, -0.2) is 6.54 Å². The van der Waals surface area contributed by atoms with Gasteiger partial charge < -0.3 is 10.6 Å². The second kappa shape index (κ2) is 6.11. The first kappa shape index (κ1) is 13.9. The Morgan fingerprint density at radius 3 is 2.58 bits per heavy atom. The van der Waals surface area contributed by atoms with E-state index in [1.54, 1.807) is 0 Å². The second-order valence-corrected chi connectivity index (χ2v) is 5.61. The summed E-state index contributed by atoms with van der Waals surface area (Å²) in [4.78, 5) is 2.33. The van der Waals surface area contributed by atoms with Crippen molar-refractivity contribution in [3.05, 3.63) is 58.1 Å². The van der Waals surface area contributed by atoms with E-state index in [-0.39, 0.29) is 0 Å². The van der Waals surface area contributed by atoms with Gasteiger partial charge in [0.25, 0.3) is 0 Å². The number of aryl methyl sites for hydroxylation is 1. The van der Waals surface area contributed by atoms with Gasteiger partial charge in [-0.2, -0.15) is 0 Å². The number of anilines is 2. The van der Waals surface area contributed by atoms with Crippen molar-refractivity contribution < 1.29 is 0 Å². The topological polar surface area (TPSA) is 29.3 Å². The minimum Gasteiger partial charge on any atom is -0.398 e. The Balaban J connectivity index is 2.24. The molecule has 0 saturated carbocycles. The molecule has 0 spiro atoms. The fraction of sp³-hybridized carbons (Fsp3) is 0.250. The lowest BCUT2D eigenvalue weighted by Crippen LogP contribution is -2.22. The molecule has 0 aliphatic rings. The van der Waals surface area contributed by atoms with Crippen molar-refractivity contribution >= 4 is 27.3 Å². The van der Waals surface area contributed by atoms with Crippen LogP contribution in [0.3, 0.4) is 0 Å². The van der Waals surface area contributed by atoms with Crippen molar-refractivity contribution in [3.63, 3.8) is 0 Å². The summed E-state index contributed by atoms with van der Waals surface area (Å²) in [7, 11) is 0. The van der Waals surface area contributed by atoms with E-state index in [1.807, 2.05) is 12.1 Å². The minimum absolute atomic E-state index is 0.832. The van der Waals surface area contributed by atoms with E-state index in [4.69, 9.17) is 5.73 Å². The SMILES string of the molecule is CCN(Cc1ccc(Br)cc1N)c1cccc(C)c1. The van der Waals surface area contributed by atoms with Gasteiger partial charge in [0.05, 0.1) is 0 Å². The minimum atomic E-state index is 0.832. The van der Waals surface area contributed by atoms with Gasteiger partial charge in [-0.1, -0.05) is 34.1 Å². The number of benzene rings is 2. The van der Waals surface area contributed by atoms with Crippen LogP contribution in [0.15, 0.2) is 46.9 Å². The zero-order valence-electron chi connectivity index (χ0n) is 11.4. The van der Waals surface area contributed by atoms with Crippen LogP contribution >= 0.6 is 15.9 Å². The first-order valence-corrected chi connectivity index (χ1v) is 7.25. The molecule has 0 unspecified atom stereocenters. The monoisotopic (exact) mass is 318 g/mol. The van der Waals surface area contributed by atoms with Gasteiger partial charge in [0.2, 0.25) is 0 Å². The van der Waals surface area contributed by atoms with Crippen molar-refractivity contribution in [2.45, 2.75) is 20.4 Å². The molecule has 100 valence electrons. The first-order chi connectivity index (χ1) is 9.10. The highest BCUT2D eigenvalue weighted by molar-refractivity contribution is 9.10. The smallest absolute Gasteiger partial charge is 0.0449 e. The Kier molecular flexibility index (Phi) is 4.48. The van der Waals surface area contributed by atoms with Crippen molar-refractivity contribution in [2.24, 2.45) is 0 Å². The molecule has 0 aliphatic heterocycles. The Labute approximate surface area is 123 Å². The molecule has 0 fully saturated rings. The normalized spacial score (nSPS) is 10.5. The largest absolute Gasteiger partial charge is 0.398 e. The molecule has 2 N–H and O–H groups in total. The standard InChI is InChI=1S/C16H19BrN2/c1-3-19(15-6-4-5-12(2)9-15)11-13-7-8-14(17)10-16(13)18/h4-10H,3,11,18H2,1-2H3. The van der Waals surface area contributed by atoms with Crippen LogP contribution in [0.4, 0.5) is 11.4 Å². The molecule has 0 saturated heterocycles. The lowest BCUT2D eigenvalue weighted by molar-refractivity contribution is 0.833. The summed E-state index contributed by atoms with van der Waals surface area (Å²) in [5.41, 5.74) is 10.6. The van der Waals surface area contributed by atoms with Crippen LogP contribution in [-0.2, 0) is 6.54 Å². The molecule has 3 heteroatoms. The van der Waals surface area contributed by atoms with Gasteiger partial charge in [0.15, 0.2) is 0 Å². The van der Waals surface area contributed by atoms with Crippen molar-refractivity contribution in [1.29, 1.82) is 0 Å². The number of hydrogen-bond donors (Lipinski definition) is 1. The van der Waals surface area contributed by atoms with Crippen molar-refractivity contribution in [2.75, 3.05) is 17.2 Å². The lowest BCUT2D eigenvalue weighted by Gasteiger charge is -2.24. The Morgan fingerprint density at radius 1 is 1.16 bits per heavy atom. The Bertz CT molecular complexity index is 566. The highest BCUT2D eigenvalue weighted by Gasteiger charge is 2.08. The average Bonchev–Trinajstić information content (AvgIpc) is 2.38. The van der Waals surface area contributed by atoms with E-state index in [2.05, 4.69) is 65.0 Å². The molecule has 0 heterocycles. The molecule has 2 rings (SSSR count). The van der Waals surface area contributed by atoms with Crippen LogP contribution < -0.4 is 10.6 Å². The maximum atomic E-state index is 6.08. The molecule has 0 atom stereocenters. The number of nitrogens with two attached hydrogens (primary N) is 1. The van der Waals surface area contributed by atoms with Crippen molar-refractivity contribution in [1.82, 2.24) is 0 Å². The number of nitrogens with zero attached hydrogens (tertiary/aromatic N) is 1. The fourth-order valence-corrected chi connectivity index (χ4v) is 2.50. The van der Waals surface area contributed by atoms with Crippen LogP contribution in [0.25, 0.3) is 0 Å². The van der Waals surface area contributed by atoms with Gasteiger partial charge in [0, 0.05) is 28.9 Å². The highest BCUT2D eigenvalue weighted by atomic mass is 79.9. The summed E-state index contributed by atoms with van der Waals surface area (Å²) in [6.07, 6.45) is 0. The van der Waals surface area contributed by atoms with E-state index < -0.39 is 0 Å². The maximum absolute atomic E-state index is 6.08. The van der Waals surface area contributed by atoms with Gasteiger partial charge in [0.1, 0.15) is 0 Å². The van der Waals surface area contributed by atoms with E-state index >= 15 is 0 Å². The number of hydrogen-bond acceptors (Lipinski definition) is 2. The van der Waals surface area contributed by atoms with E-state index in [1.165, 1.54) is 11.3 Å². The molecule has 2 aromatic carbocycles. The Morgan fingerprint density at radius 2 is 1.95 bits per heavy atom. The zero-order valence-corrected chi connectivity index (χ0v) is 12.9. The zero-order chi connectivity index (χ0) is 13.8. The lowest BCUT2D eigenvalue weighted by atomic mass is 10.1. The molecule has 2 aromatic rings. The number of nitrogen functional groups attached to an aromatic ring is 1. The van der Waals surface area contributed by atoms with Gasteiger partial charge in [-0.25, -0.2) is 0 Å². The summed E-state index contributed by atoms with van der Waals surface area (Å²) >= 11 is 3.44. The molecule has 0 aliphatic carbocycles. The second-order valence-electron chi connectivity index (χ2n) is 4.70. The Hall–Kier alpha value is -1.48.